The average Bonchev–Trinajstić information content (AvgIpc) is 2.87. The number of hydrogen-bond acceptors (Lipinski definition) is 4. The standard InChI is InChI=1S/C19H24N4O3/c1-3-10-22(13-16-8-6-15(12-20)7-9-16)17(24)5-4-11-23-18(25)14-21(2)19(23)26/h6-9H,3-5,10-11,13-14H2,1-2H3. The number of likely N-dealkylation sites (N-methyl/N-ethyl adjacent to an activating group) is 1. The normalized spacial score (nSPS) is 13.9. The molecule has 0 spiro atoms. The number of nitrogens with zero attached hydrogens (tertiary/aromatic N) is 4. The van der Waals surface area contributed by atoms with E-state index in [4.69, 9.17) is 5.26 Å². The van der Waals surface area contributed by atoms with Crippen LogP contribution in [0.3, 0.4) is 0 Å². The van der Waals surface area contributed by atoms with E-state index in [1.54, 1.807) is 24.1 Å². The Morgan fingerprint density at radius 3 is 2.50 bits per heavy atom. The van der Waals surface area contributed by atoms with Gasteiger partial charge in [-0.2, -0.15) is 5.26 Å². The van der Waals surface area contributed by atoms with Gasteiger partial charge in [0.25, 0.3) is 0 Å². The molecule has 138 valence electrons. The number of carbonyl (C=O) groups excluding carboxylic acids is 3. The molecule has 0 bridgehead atoms. The Labute approximate surface area is 153 Å². The largest absolute Gasteiger partial charge is 0.338 e. The molecule has 2 rings (SSSR count). The molecule has 1 aliphatic heterocycles. The van der Waals surface area contributed by atoms with Gasteiger partial charge in [-0.3, -0.25) is 14.5 Å². The van der Waals surface area contributed by atoms with Gasteiger partial charge in [-0.05, 0) is 30.5 Å². The van der Waals surface area contributed by atoms with Crippen LogP contribution in [0.4, 0.5) is 4.79 Å². The van der Waals surface area contributed by atoms with Crippen molar-refractivity contribution in [3.8, 4) is 6.07 Å². The number of nitriles is 1. The summed E-state index contributed by atoms with van der Waals surface area (Å²) in [7, 11) is 1.59. The minimum absolute atomic E-state index is 0.00339. The smallest absolute Gasteiger partial charge is 0.326 e. The number of amides is 4. The van der Waals surface area contributed by atoms with Crippen LogP contribution < -0.4 is 0 Å². The molecule has 1 aromatic rings. The quantitative estimate of drug-likeness (QED) is 0.667. The van der Waals surface area contributed by atoms with E-state index in [2.05, 4.69) is 6.07 Å². The number of carbonyl (C=O) groups is 3. The van der Waals surface area contributed by atoms with Crippen LogP contribution in [-0.2, 0) is 16.1 Å². The molecule has 0 aromatic heterocycles. The summed E-state index contributed by atoms with van der Waals surface area (Å²) in [5.74, 6) is -0.211. The molecule has 0 unspecified atom stereocenters. The van der Waals surface area contributed by atoms with Gasteiger partial charge in [-0.1, -0.05) is 19.1 Å². The fourth-order valence-electron chi connectivity index (χ4n) is 2.90. The Morgan fingerprint density at radius 1 is 1.27 bits per heavy atom. The summed E-state index contributed by atoms with van der Waals surface area (Å²) in [5, 5.41) is 8.85. The number of imide groups is 1. The fraction of sp³-hybridized carbons (Fsp3) is 0.474. The lowest BCUT2D eigenvalue weighted by molar-refractivity contribution is -0.132. The number of benzene rings is 1. The lowest BCUT2D eigenvalue weighted by atomic mass is 10.1. The summed E-state index contributed by atoms with van der Waals surface area (Å²) in [6, 6.07) is 8.96. The second kappa shape index (κ2) is 8.99. The summed E-state index contributed by atoms with van der Waals surface area (Å²) in [5.41, 5.74) is 1.56. The maximum Gasteiger partial charge on any atom is 0.326 e. The van der Waals surface area contributed by atoms with E-state index < -0.39 is 0 Å². The van der Waals surface area contributed by atoms with Crippen LogP contribution in [0.2, 0.25) is 0 Å². The molecule has 0 N–H and O–H groups in total. The molecule has 1 saturated heterocycles. The zero-order chi connectivity index (χ0) is 19.1. The summed E-state index contributed by atoms with van der Waals surface area (Å²) in [6.45, 7) is 3.51. The SMILES string of the molecule is CCCN(Cc1ccc(C#N)cc1)C(=O)CCCN1C(=O)CN(C)C1=O. The van der Waals surface area contributed by atoms with Crippen molar-refractivity contribution in [1.29, 1.82) is 5.26 Å². The highest BCUT2D eigenvalue weighted by Gasteiger charge is 2.32. The molecule has 1 aliphatic rings. The third-order valence-electron chi connectivity index (χ3n) is 4.31. The Morgan fingerprint density at radius 2 is 1.96 bits per heavy atom. The van der Waals surface area contributed by atoms with Gasteiger partial charge in [0.2, 0.25) is 11.8 Å². The van der Waals surface area contributed by atoms with Crippen molar-refractivity contribution in [1.82, 2.24) is 14.7 Å². The van der Waals surface area contributed by atoms with E-state index in [9.17, 15) is 14.4 Å². The zero-order valence-electron chi connectivity index (χ0n) is 15.3. The van der Waals surface area contributed by atoms with Gasteiger partial charge in [-0.15, -0.1) is 0 Å². The average molecular weight is 356 g/mol. The van der Waals surface area contributed by atoms with Gasteiger partial charge in [-0.25, -0.2) is 4.79 Å². The molecular formula is C19H24N4O3. The van der Waals surface area contributed by atoms with Gasteiger partial charge in [0.05, 0.1) is 11.6 Å². The van der Waals surface area contributed by atoms with Crippen molar-refractivity contribution in [3.63, 3.8) is 0 Å². The van der Waals surface area contributed by atoms with Crippen molar-refractivity contribution in [2.24, 2.45) is 0 Å². The van der Waals surface area contributed by atoms with Crippen LogP contribution >= 0.6 is 0 Å². The Kier molecular flexibility index (Phi) is 6.73. The van der Waals surface area contributed by atoms with Gasteiger partial charge < -0.3 is 9.80 Å². The monoisotopic (exact) mass is 356 g/mol. The number of hydrogen-bond donors (Lipinski definition) is 0. The summed E-state index contributed by atoms with van der Waals surface area (Å²) < 4.78 is 0. The summed E-state index contributed by atoms with van der Waals surface area (Å²) >= 11 is 0. The third-order valence-corrected chi connectivity index (χ3v) is 4.31. The number of urea groups is 1. The first-order valence-corrected chi connectivity index (χ1v) is 8.78. The van der Waals surface area contributed by atoms with Gasteiger partial charge in [0, 0.05) is 33.1 Å². The van der Waals surface area contributed by atoms with Crippen molar-refractivity contribution in [3.05, 3.63) is 35.4 Å². The van der Waals surface area contributed by atoms with Crippen molar-refractivity contribution < 1.29 is 14.4 Å². The van der Waals surface area contributed by atoms with Crippen LogP contribution in [0.25, 0.3) is 0 Å². The molecule has 26 heavy (non-hydrogen) atoms. The first kappa shape index (κ1) is 19.4. The predicted octanol–water partition coefficient (Wildman–Crippen LogP) is 1.97. The third kappa shape index (κ3) is 4.82. The highest BCUT2D eigenvalue weighted by Crippen LogP contribution is 2.12. The molecule has 0 radical (unpaired) electrons. The summed E-state index contributed by atoms with van der Waals surface area (Å²) in [6.07, 6.45) is 1.59. The Balaban J connectivity index is 1.88. The van der Waals surface area contributed by atoms with Crippen molar-refractivity contribution in [2.45, 2.75) is 32.7 Å². The molecule has 0 aliphatic carbocycles. The Hall–Kier alpha value is -2.88. The molecule has 1 aromatic carbocycles. The second-order valence-corrected chi connectivity index (χ2v) is 6.41. The van der Waals surface area contributed by atoms with Crippen LogP contribution in [0.1, 0.15) is 37.3 Å². The maximum atomic E-state index is 12.5. The minimum Gasteiger partial charge on any atom is -0.338 e. The van der Waals surface area contributed by atoms with E-state index >= 15 is 0 Å². The molecule has 4 amide bonds. The van der Waals surface area contributed by atoms with E-state index in [0.717, 1.165) is 12.0 Å². The van der Waals surface area contributed by atoms with Crippen LogP contribution in [0, 0.1) is 11.3 Å². The minimum atomic E-state index is -0.301. The van der Waals surface area contributed by atoms with E-state index in [1.807, 2.05) is 19.1 Å². The highest BCUT2D eigenvalue weighted by molar-refractivity contribution is 6.01. The van der Waals surface area contributed by atoms with E-state index in [-0.39, 0.29) is 37.4 Å². The lowest BCUT2D eigenvalue weighted by Gasteiger charge is -2.23. The van der Waals surface area contributed by atoms with E-state index in [1.165, 1.54) is 9.80 Å². The molecule has 7 nitrogen and oxygen atoms in total. The van der Waals surface area contributed by atoms with E-state index in [0.29, 0.717) is 25.1 Å². The van der Waals surface area contributed by atoms with Crippen molar-refractivity contribution >= 4 is 17.8 Å². The van der Waals surface area contributed by atoms with Crippen LogP contribution in [-0.4, -0.2) is 59.2 Å². The van der Waals surface area contributed by atoms with Crippen LogP contribution in [0.15, 0.2) is 24.3 Å². The topological polar surface area (TPSA) is 84.7 Å². The molecule has 7 heteroatoms. The molecule has 0 atom stereocenters. The fourth-order valence-corrected chi connectivity index (χ4v) is 2.90. The molecule has 1 heterocycles. The maximum absolute atomic E-state index is 12.5. The van der Waals surface area contributed by atoms with Gasteiger partial charge in [0.1, 0.15) is 6.54 Å². The first-order chi connectivity index (χ1) is 12.5. The van der Waals surface area contributed by atoms with Gasteiger partial charge >= 0.3 is 6.03 Å². The highest BCUT2D eigenvalue weighted by atomic mass is 16.2. The lowest BCUT2D eigenvalue weighted by Crippen LogP contribution is -2.34. The number of rotatable bonds is 8. The predicted molar refractivity (Wildman–Crippen MR) is 95.8 cm³/mol. The molecule has 0 saturated carbocycles. The van der Waals surface area contributed by atoms with Crippen LogP contribution in [0.5, 0.6) is 0 Å². The summed E-state index contributed by atoms with van der Waals surface area (Å²) in [4.78, 5) is 40.5. The first-order valence-electron chi connectivity index (χ1n) is 8.78. The van der Waals surface area contributed by atoms with Crippen molar-refractivity contribution in [2.75, 3.05) is 26.7 Å². The molecule has 1 fully saturated rings. The molecular weight excluding hydrogens is 332 g/mol. The zero-order valence-corrected chi connectivity index (χ0v) is 15.3. The second-order valence-electron chi connectivity index (χ2n) is 6.41. The van der Waals surface area contributed by atoms with Gasteiger partial charge in [0.15, 0.2) is 0 Å². The Bertz CT molecular complexity index is 708.